The lowest BCUT2D eigenvalue weighted by atomic mass is 10.1. The summed E-state index contributed by atoms with van der Waals surface area (Å²) >= 11 is 0. The third-order valence-electron chi connectivity index (χ3n) is 3.73. The molecule has 8 heteroatoms. The van der Waals surface area contributed by atoms with Crippen molar-refractivity contribution in [2.45, 2.75) is 13.0 Å². The lowest BCUT2D eigenvalue weighted by Crippen LogP contribution is -2.52. The monoisotopic (exact) mass is 310 g/mol. The van der Waals surface area contributed by atoms with E-state index in [0.29, 0.717) is 31.0 Å². The molecule has 0 spiro atoms. The number of amidine groups is 1. The molecule has 0 radical (unpaired) electrons. The fourth-order valence-corrected chi connectivity index (χ4v) is 3.60. The van der Waals surface area contributed by atoms with E-state index < -0.39 is 10.0 Å². The first-order chi connectivity index (χ1) is 9.94. The average Bonchev–Trinajstić information content (AvgIpc) is 2.45. The van der Waals surface area contributed by atoms with Crippen LogP contribution in [0, 0.1) is 0 Å². The Morgan fingerprint density at radius 3 is 2.95 bits per heavy atom. The normalized spacial score (nSPS) is 27.8. The van der Waals surface area contributed by atoms with Crippen molar-refractivity contribution in [3.8, 4) is 0 Å². The molecule has 3 aliphatic rings. The van der Waals surface area contributed by atoms with Crippen LogP contribution in [0.15, 0.2) is 28.3 Å². The number of nitrogens with one attached hydrogen (secondary N) is 1. The number of carbonyl (C=O) groups excluding carboxylic acids is 1. The van der Waals surface area contributed by atoms with E-state index >= 15 is 0 Å². The van der Waals surface area contributed by atoms with Crippen molar-refractivity contribution in [2.75, 3.05) is 31.9 Å². The number of carbonyl (C=O) groups is 1. The van der Waals surface area contributed by atoms with E-state index in [1.54, 1.807) is 23.3 Å². The molecule has 0 saturated carbocycles. The highest BCUT2D eigenvalue weighted by molar-refractivity contribution is 7.90. The van der Waals surface area contributed by atoms with Crippen LogP contribution in [0.1, 0.15) is 6.92 Å². The van der Waals surface area contributed by atoms with Gasteiger partial charge in [0.1, 0.15) is 5.84 Å². The second-order valence-electron chi connectivity index (χ2n) is 5.45. The smallest absolute Gasteiger partial charge is 0.256 e. The minimum Gasteiger partial charge on any atom is -0.336 e. The van der Waals surface area contributed by atoms with Crippen LogP contribution in [0.2, 0.25) is 0 Å². The van der Waals surface area contributed by atoms with Gasteiger partial charge in [0, 0.05) is 38.4 Å². The van der Waals surface area contributed by atoms with Crippen molar-refractivity contribution in [2.24, 2.45) is 4.40 Å². The molecule has 3 aliphatic heterocycles. The molecule has 1 unspecified atom stereocenters. The zero-order chi connectivity index (χ0) is 15.0. The van der Waals surface area contributed by atoms with E-state index in [9.17, 15) is 13.2 Å². The van der Waals surface area contributed by atoms with Gasteiger partial charge in [-0.25, -0.2) is 8.42 Å². The zero-order valence-electron chi connectivity index (χ0n) is 11.8. The minimum atomic E-state index is -3.36. The van der Waals surface area contributed by atoms with Crippen LogP contribution in [-0.2, 0) is 14.8 Å². The average molecular weight is 310 g/mol. The molecule has 3 rings (SSSR count). The van der Waals surface area contributed by atoms with Crippen molar-refractivity contribution in [3.05, 3.63) is 23.9 Å². The highest BCUT2D eigenvalue weighted by atomic mass is 32.2. The van der Waals surface area contributed by atoms with Gasteiger partial charge in [-0.3, -0.25) is 4.79 Å². The third kappa shape index (κ3) is 3.01. The summed E-state index contributed by atoms with van der Waals surface area (Å²) in [5.74, 6) is 0.339. The van der Waals surface area contributed by atoms with E-state index in [1.165, 1.54) is 0 Å². The molecule has 1 saturated heterocycles. The lowest BCUT2D eigenvalue weighted by molar-refractivity contribution is -0.127. The summed E-state index contributed by atoms with van der Waals surface area (Å²) < 4.78 is 26.6. The molecular weight excluding hydrogens is 292 g/mol. The predicted molar refractivity (Wildman–Crippen MR) is 79.2 cm³/mol. The molecule has 0 aromatic carbocycles. The molecule has 3 heterocycles. The maximum atomic E-state index is 12.5. The van der Waals surface area contributed by atoms with Crippen molar-refractivity contribution < 1.29 is 13.2 Å². The molecule has 21 heavy (non-hydrogen) atoms. The molecule has 0 aromatic rings. The lowest BCUT2D eigenvalue weighted by Gasteiger charge is -2.33. The fourth-order valence-electron chi connectivity index (χ4n) is 2.63. The topological polar surface area (TPSA) is 82.1 Å². The standard InChI is InChI=1S/C13H18N4O3S/c1-10-8-17(5-4-14-10)13(18)11-2-3-12-15-21(19,20)7-6-16(12)9-11/h2-3,9-10,14H,4-8H2,1H3. The second kappa shape index (κ2) is 5.27. The van der Waals surface area contributed by atoms with Gasteiger partial charge in [0.25, 0.3) is 15.9 Å². The largest absolute Gasteiger partial charge is 0.336 e. The van der Waals surface area contributed by atoms with Crippen LogP contribution in [-0.4, -0.2) is 67.9 Å². The number of sulfonamides is 1. The summed E-state index contributed by atoms with van der Waals surface area (Å²) in [4.78, 5) is 16.0. The van der Waals surface area contributed by atoms with Crippen molar-refractivity contribution >= 4 is 21.8 Å². The second-order valence-corrected chi connectivity index (χ2v) is 7.21. The van der Waals surface area contributed by atoms with E-state index in [2.05, 4.69) is 9.71 Å². The Bertz CT molecular complexity index is 650. The van der Waals surface area contributed by atoms with Crippen molar-refractivity contribution in [1.82, 2.24) is 15.1 Å². The number of amides is 1. The van der Waals surface area contributed by atoms with E-state index in [-0.39, 0.29) is 17.7 Å². The van der Waals surface area contributed by atoms with Gasteiger partial charge >= 0.3 is 0 Å². The molecule has 1 atom stereocenters. The zero-order valence-corrected chi connectivity index (χ0v) is 12.6. The molecule has 114 valence electrons. The quantitative estimate of drug-likeness (QED) is 0.693. The Balaban J connectivity index is 1.78. The minimum absolute atomic E-state index is 0.0209. The third-order valence-corrected chi connectivity index (χ3v) is 4.89. The molecular formula is C13H18N4O3S. The number of piperazine rings is 1. The number of hydrogen-bond acceptors (Lipinski definition) is 5. The van der Waals surface area contributed by atoms with Gasteiger partial charge in [0.05, 0.1) is 11.3 Å². The molecule has 0 aliphatic carbocycles. The number of hydrogen-bond donors (Lipinski definition) is 1. The SMILES string of the molecule is CC1CN(C(=O)C2=CN3CCS(=O)(=O)N=C3C=C2)CCN1. The molecule has 0 bridgehead atoms. The fraction of sp³-hybridized carbons (Fsp3) is 0.538. The number of rotatable bonds is 1. The van der Waals surface area contributed by atoms with E-state index in [1.807, 2.05) is 11.8 Å². The van der Waals surface area contributed by atoms with E-state index in [4.69, 9.17) is 0 Å². The van der Waals surface area contributed by atoms with Crippen LogP contribution in [0.25, 0.3) is 0 Å². The van der Waals surface area contributed by atoms with Gasteiger partial charge in [0.2, 0.25) is 0 Å². The molecule has 0 aromatic heterocycles. The molecule has 1 fully saturated rings. The summed E-state index contributed by atoms with van der Waals surface area (Å²) in [5, 5.41) is 3.30. The molecule has 1 amide bonds. The van der Waals surface area contributed by atoms with Crippen LogP contribution in [0.4, 0.5) is 0 Å². The number of fused-ring (bicyclic) bond motifs is 1. The van der Waals surface area contributed by atoms with Gasteiger partial charge in [0.15, 0.2) is 0 Å². The highest BCUT2D eigenvalue weighted by Gasteiger charge is 2.27. The highest BCUT2D eigenvalue weighted by Crippen LogP contribution is 2.17. The van der Waals surface area contributed by atoms with E-state index in [0.717, 1.165) is 6.54 Å². The van der Waals surface area contributed by atoms with Gasteiger partial charge in [-0.15, -0.1) is 4.40 Å². The van der Waals surface area contributed by atoms with Gasteiger partial charge in [-0.1, -0.05) is 0 Å². The Morgan fingerprint density at radius 1 is 1.38 bits per heavy atom. The maximum Gasteiger partial charge on any atom is 0.256 e. The molecule has 1 N–H and O–H groups in total. The maximum absolute atomic E-state index is 12.5. The van der Waals surface area contributed by atoms with Gasteiger partial charge in [-0.2, -0.15) is 0 Å². The molecule has 7 nitrogen and oxygen atoms in total. The first kappa shape index (κ1) is 14.3. The Hall–Kier alpha value is -1.67. The van der Waals surface area contributed by atoms with Crippen LogP contribution in [0.5, 0.6) is 0 Å². The van der Waals surface area contributed by atoms with Crippen LogP contribution < -0.4 is 5.32 Å². The van der Waals surface area contributed by atoms with Gasteiger partial charge in [-0.05, 0) is 19.1 Å². The van der Waals surface area contributed by atoms with Gasteiger partial charge < -0.3 is 15.1 Å². The predicted octanol–water partition coefficient (Wildman–Crippen LogP) is -0.696. The first-order valence-electron chi connectivity index (χ1n) is 6.96. The van der Waals surface area contributed by atoms with Crippen molar-refractivity contribution in [1.29, 1.82) is 0 Å². The first-order valence-corrected chi connectivity index (χ1v) is 8.57. The van der Waals surface area contributed by atoms with Crippen LogP contribution >= 0.6 is 0 Å². The summed E-state index contributed by atoms with van der Waals surface area (Å²) in [6.45, 7) is 4.53. The Kier molecular flexibility index (Phi) is 3.58. The summed E-state index contributed by atoms with van der Waals surface area (Å²) in [6.07, 6.45) is 4.93. The van der Waals surface area contributed by atoms with Crippen LogP contribution in [0.3, 0.4) is 0 Å². The summed E-state index contributed by atoms with van der Waals surface area (Å²) in [7, 11) is -3.36. The Labute approximate surface area is 124 Å². The summed E-state index contributed by atoms with van der Waals surface area (Å²) in [6, 6.07) is 0.285. The Morgan fingerprint density at radius 2 is 2.19 bits per heavy atom. The summed E-state index contributed by atoms with van der Waals surface area (Å²) in [5.41, 5.74) is 0.572. The number of nitrogens with zero attached hydrogens (tertiary/aromatic N) is 3. The van der Waals surface area contributed by atoms with Crippen molar-refractivity contribution in [3.63, 3.8) is 0 Å².